The Kier molecular flexibility index (Phi) is 5.57. The number of benzene rings is 1. The summed E-state index contributed by atoms with van der Waals surface area (Å²) in [5, 5.41) is 18.2. The van der Waals surface area contributed by atoms with E-state index in [1.165, 1.54) is 0 Å². The molecule has 0 bridgehead atoms. The van der Waals surface area contributed by atoms with Crippen LogP contribution in [0.3, 0.4) is 0 Å². The van der Waals surface area contributed by atoms with Crippen molar-refractivity contribution in [2.45, 2.75) is 19.8 Å². The molecule has 0 aromatic heterocycles. The van der Waals surface area contributed by atoms with E-state index in [4.69, 9.17) is 15.3 Å². The summed E-state index contributed by atoms with van der Waals surface area (Å²) in [7, 11) is 0. The van der Waals surface area contributed by atoms with Gasteiger partial charge in [0.2, 0.25) is 0 Å². The zero-order chi connectivity index (χ0) is 14.3. The average molecular weight is 256 g/mol. The molecular weight excluding hydrogens is 240 g/mol. The van der Waals surface area contributed by atoms with Gasteiger partial charge in [0, 0.05) is 5.92 Å². The largest absolute Gasteiger partial charge is 0.466 e. The van der Waals surface area contributed by atoms with Gasteiger partial charge in [0.1, 0.15) is 5.92 Å². The lowest BCUT2D eigenvalue weighted by atomic mass is 9.78. The molecule has 0 heterocycles. The van der Waals surface area contributed by atoms with Gasteiger partial charge in [0.25, 0.3) is 0 Å². The lowest BCUT2D eigenvalue weighted by Gasteiger charge is -2.23. The molecule has 0 N–H and O–H groups in total. The topological polar surface area (TPSA) is 73.9 Å². The van der Waals surface area contributed by atoms with E-state index in [1.54, 1.807) is 13.8 Å². The molecular formula is C15H16N2O2. The fourth-order valence-corrected chi connectivity index (χ4v) is 2.05. The molecule has 0 amide bonds. The highest BCUT2D eigenvalue weighted by atomic mass is 16.5. The Morgan fingerprint density at radius 1 is 1.26 bits per heavy atom. The highest BCUT2D eigenvalue weighted by Crippen LogP contribution is 2.32. The van der Waals surface area contributed by atoms with E-state index >= 15 is 0 Å². The van der Waals surface area contributed by atoms with Crippen LogP contribution >= 0.6 is 0 Å². The second-order valence-corrected chi connectivity index (χ2v) is 4.21. The Morgan fingerprint density at radius 2 is 1.84 bits per heavy atom. The van der Waals surface area contributed by atoms with Crippen LogP contribution < -0.4 is 0 Å². The first-order valence-electron chi connectivity index (χ1n) is 6.16. The van der Waals surface area contributed by atoms with Gasteiger partial charge in [-0.2, -0.15) is 10.5 Å². The Hall–Kier alpha value is -2.33. The van der Waals surface area contributed by atoms with E-state index in [2.05, 4.69) is 0 Å². The van der Waals surface area contributed by atoms with Crippen LogP contribution in [0.25, 0.3) is 0 Å². The normalized spacial score (nSPS) is 13.1. The number of hydrogen-bond acceptors (Lipinski definition) is 4. The van der Waals surface area contributed by atoms with E-state index < -0.39 is 17.8 Å². The number of nitrogens with zero attached hydrogens (tertiary/aromatic N) is 2. The van der Waals surface area contributed by atoms with Crippen molar-refractivity contribution in [2.75, 3.05) is 6.61 Å². The van der Waals surface area contributed by atoms with Gasteiger partial charge in [-0.05, 0) is 12.5 Å². The third-order valence-electron chi connectivity index (χ3n) is 3.02. The minimum Gasteiger partial charge on any atom is -0.466 e. The summed E-state index contributed by atoms with van der Waals surface area (Å²) in [6, 6.07) is 13.1. The SMILES string of the molecule is CCOC(=O)[C@@H](C)[C@@H](c1ccccc1)C(C#N)C#N. The maximum atomic E-state index is 11.9. The van der Waals surface area contributed by atoms with Crippen LogP contribution in [0.2, 0.25) is 0 Å². The molecule has 4 nitrogen and oxygen atoms in total. The molecule has 0 saturated carbocycles. The average Bonchev–Trinajstić information content (AvgIpc) is 2.45. The molecule has 0 unspecified atom stereocenters. The molecule has 2 atom stereocenters. The molecule has 0 aliphatic carbocycles. The van der Waals surface area contributed by atoms with Crippen molar-refractivity contribution >= 4 is 5.97 Å². The number of rotatable bonds is 5. The van der Waals surface area contributed by atoms with Crippen molar-refractivity contribution in [1.29, 1.82) is 10.5 Å². The van der Waals surface area contributed by atoms with Gasteiger partial charge in [0.05, 0.1) is 24.7 Å². The van der Waals surface area contributed by atoms with E-state index in [0.717, 1.165) is 5.56 Å². The highest BCUT2D eigenvalue weighted by molar-refractivity contribution is 5.73. The van der Waals surface area contributed by atoms with Crippen LogP contribution in [0.4, 0.5) is 0 Å². The van der Waals surface area contributed by atoms with Crippen molar-refractivity contribution in [3.05, 3.63) is 35.9 Å². The number of ether oxygens (including phenoxy) is 1. The van der Waals surface area contributed by atoms with Gasteiger partial charge in [-0.15, -0.1) is 0 Å². The van der Waals surface area contributed by atoms with Gasteiger partial charge in [0.15, 0.2) is 0 Å². The molecule has 0 radical (unpaired) electrons. The zero-order valence-electron chi connectivity index (χ0n) is 11.0. The van der Waals surface area contributed by atoms with Crippen molar-refractivity contribution in [1.82, 2.24) is 0 Å². The lowest BCUT2D eigenvalue weighted by Crippen LogP contribution is -2.26. The van der Waals surface area contributed by atoms with Crippen LogP contribution in [0.1, 0.15) is 25.3 Å². The predicted octanol–water partition coefficient (Wildman–Crippen LogP) is 2.63. The Morgan fingerprint density at radius 3 is 2.32 bits per heavy atom. The second kappa shape index (κ2) is 7.18. The Labute approximate surface area is 113 Å². The smallest absolute Gasteiger partial charge is 0.309 e. The molecule has 0 aliphatic heterocycles. The van der Waals surface area contributed by atoms with E-state index in [1.807, 2.05) is 42.5 Å². The number of hydrogen-bond donors (Lipinski definition) is 0. The van der Waals surface area contributed by atoms with Crippen LogP contribution in [0, 0.1) is 34.5 Å². The number of nitriles is 2. The highest BCUT2D eigenvalue weighted by Gasteiger charge is 2.33. The van der Waals surface area contributed by atoms with Gasteiger partial charge in [-0.3, -0.25) is 4.79 Å². The summed E-state index contributed by atoms with van der Waals surface area (Å²) in [5.74, 6) is -2.27. The molecule has 0 spiro atoms. The van der Waals surface area contributed by atoms with Crippen LogP contribution in [0.5, 0.6) is 0 Å². The Balaban J connectivity index is 3.11. The summed E-state index contributed by atoms with van der Waals surface area (Å²) >= 11 is 0. The summed E-state index contributed by atoms with van der Waals surface area (Å²) in [6.45, 7) is 3.71. The summed E-state index contributed by atoms with van der Waals surface area (Å²) in [4.78, 5) is 11.9. The van der Waals surface area contributed by atoms with Crippen molar-refractivity contribution in [3.8, 4) is 12.1 Å². The minimum absolute atomic E-state index is 0.286. The van der Waals surface area contributed by atoms with Crippen molar-refractivity contribution < 1.29 is 9.53 Å². The number of carbonyl (C=O) groups excluding carboxylic acids is 1. The fourth-order valence-electron chi connectivity index (χ4n) is 2.05. The van der Waals surface area contributed by atoms with Gasteiger partial charge in [-0.1, -0.05) is 37.3 Å². The van der Waals surface area contributed by atoms with E-state index in [0.29, 0.717) is 0 Å². The maximum absolute atomic E-state index is 11.9. The lowest BCUT2D eigenvalue weighted by molar-refractivity contribution is -0.148. The van der Waals surface area contributed by atoms with Gasteiger partial charge >= 0.3 is 5.97 Å². The summed E-state index contributed by atoms with van der Waals surface area (Å²) < 4.78 is 4.99. The third kappa shape index (κ3) is 3.56. The van der Waals surface area contributed by atoms with Crippen LogP contribution in [-0.4, -0.2) is 12.6 Å². The van der Waals surface area contributed by atoms with Crippen molar-refractivity contribution in [2.24, 2.45) is 11.8 Å². The van der Waals surface area contributed by atoms with Gasteiger partial charge in [-0.25, -0.2) is 0 Å². The predicted molar refractivity (Wildman–Crippen MR) is 69.7 cm³/mol. The molecule has 0 saturated heterocycles. The second-order valence-electron chi connectivity index (χ2n) is 4.21. The third-order valence-corrected chi connectivity index (χ3v) is 3.02. The fraction of sp³-hybridized carbons (Fsp3) is 0.400. The maximum Gasteiger partial charge on any atom is 0.309 e. The molecule has 1 aromatic rings. The Bertz CT molecular complexity index is 485. The van der Waals surface area contributed by atoms with Crippen molar-refractivity contribution in [3.63, 3.8) is 0 Å². The van der Waals surface area contributed by atoms with Crippen LogP contribution in [-0.2, 0) is 9.53 Å². The standard InChI is InChI=1S/C15H16N2O2/c1-3-19-15(18)11(2)14(13(9-16)10-17)12-7-5-4-6-8-12/h4-8,11,13-14H,3H2,1-2H3/t11-,14-/m0/s1. The van der Waals surface area contributed by atoms with Gasteiger partial charge < -0.3 is 4.74 Å². The summed E-state index contributed by atoms with van der Waals surface area (Å²) in [6.07, 6.45) is 0. The molecule has 19 heavy (non-hydrogen) atoms. The molecule has 4 heteroatoms. The zero-order valence-corrected chi connectivity index (χ0v) is 11.0. The first kappa shape index (κ1) is 14.7. The minimum atomic E-state index is -0.873. The molecule has 98 valence electrons. The molecule has 0 aliphatic rings. The monoisotopic (exact) mass is 256 g/mol. The molecule has 0 fully saturated rings. The van der Waals surface area contributed by atoms with E-state index in [-0.39, 0.29) is 12.6 Å². The van der Waals surface area contributed by atoms with E-state index in [9.17, 15) is 4.79 Å². The number of esters is 1. The quantitative estimate of drug-likeness (QED) is 0.759. The first-order chi connectivity index (χ1) is 9.15. The summed E-state index contributed by atoms with van der Waals surface area (Å²) in [5.41, 5.74) is 0.802. The number of carbonyl (C=O) groups is 1. The first-order valence-corrected chi connectivity index (χ1v) is 6.16. The molecule has 1 aromatic carbocycles. The van der Waals surface area contributed by atoms with Crippen LogP contribution in [0.15, 0.2) is 30.3 Å². The molecule has 1 rings (SSSR count).